The third-order valence-corrected chi connectivity index (χ3v) is 4.81. The highest BCUT2D eigenvalue weighted by molar-refractivity contribution is 5.94. The second-order valence-electron chi connectivity index (χ2n) is 6.83. The zero-order valence-corrected chi connectivity index (χ0v) is 17.6. The smallest absolute Gasteiger partial charge is 0.196 e. The maximum Gasteiger partial charge on any atom is 0.196 e. The Labute approximate surface area is 171 Å². The Morgan fingerprint density at radius 2 is 2.21 bits per heavy atom. The van der Waals surface area contributed by atoms with Crippen molar-refractivity contribution in [2.45, 2.75) is 39.3 Å². The summed E-state index contributed by atoms with van der Waals surface area (Å²) in [5, 5.41) is 15.0. The van der Waals surface area contributed by atoms with Crippen molar-refractivity contribution in [2.75, 3.05) is 32.2 Å². The molecule has 3 rings (SSSR count). The molecule has 2 N–H and O–H groups in total. The zero-order valence-electron chi connectivity index (χ0n) is 17.6. The van der Waals surface area contributed by atoms with Gasteiger partial charge >= 0.3 is 0 Å². The molecule has 2 heterocycles. The molecule has 0 saturated carbocycles. The molecule has 1 aliphatic rings. The molecule has 1 aromatic heterocycles. The number of aryl methyl sites for hydroxylation is 1. The first kappa shape index (κ1) is 20.9. The van der Waals surface area contributed by atoms with Crippen LogP contribution in [0.2, 0.25) is 0 Å². The van der Waals surface area contributed by atoms with Gasteiger partial charge in [0.05, 0.1) is 19.8 Å². The molecule has 0 bridgehead atoms. The van der Waals surface area contributed by atoms with Gasteiger partial charge in [0.2, 0.25) is 0 Å². The van der Waals surface area contributed by atoms with E-state index in [2.05, 4.69) is 25.8 Å². The number of hydrogen-bond donors (Lipinski definition) is 2. The quantitative estimate of drug-likeness (QED) is 0.517. The average molecular weight is 402 g/mol. The van der Waals surface area contributed by atoms with Crippen molar-refractivity contribution in [1.82, 2.24) is 20.1 Å². The van der Waals surface area contributed by atoms with E-state index in [1.165, 1.54) is 0 Å². The van der Waals surface area contributed by atoms with Gasteiger partial charge in [0.25, 0.3) is 0 Å². The SMILES string of the molecule is CCOc1ccc(NC(=NCc2nnc(C)n2C)NCC2CCCO2)cc1OC. The number of ether oxygens (including phenoxy) is 3. The number of benzene rings is 1. The predicted octanol–water partition coefficient (Wildman–Crippen LogP) is 2.27. The highest BCUT2D eigenvalue weighted by Crippen LogP contribution is 2.30. The van der Waals surface area contributed by atoms with E-state index in [0.29, 0.717) is 37.2 Å². The summed E-state index contributed by atoms with van der Waals surface area (Å²) < 4.78 is 18.7. The Kier molecular flexibility index (Phi) is 7.29. The number of aliphatic imine (C=N–C) groups is 1. The standard InChI is InChI=1S/C20H30N6O3/c1-5-28-17-9-8-15(11-18(17)27-4)23-20(21-12-16-7-6-10-29-16)22-13-19-25-24-14(2)26(19)3/h8-9,11,16H,5-7,10,12-13H2,1-4H3,(H2,21,22,23). The van der Waals surface area contributed by atoms with E-state index < -0.39 is 0 Å². The van der Waals surface area contributed by atoms with Crippen LogP contribution in [0.15, 0.2) is 23.2 Å². The Morgan fingerprint density at radius 3 is 2.86 bits per heavy atom. The molecule has 1 aliphatic heterocycles. The summed E-state index contributed by atoms with van der Waals surface area (Å²) in [4.78, 5) is 4.68. The summed E-state index contributed by atoms with van der Waals surface area (Å²) in [7, 11) is 3.56. The third kappa shape index (κ3) is 5.60. The summed E-state index contributed by atoms with van der Waals surface area (Å²) in [6.45, 7) is 6.36. The van der Waals surface area contributed by atoms with Crippen molar-refractivity contribution >= 4 is 11.6 Å². The second-order valence-corrected chi connectivity index (χ2v) is 6.83. The molecule has 0 amide bonds. The minimum Gasteiger partial charge on any atom is -0.493 e. The largest absolute Gasteiger partial charge is 0.493 e. The van der Waals surface area contributed by atoms with Crippen LogP contribution in [0, 0.1) is 6.92 Å². The fourth-order valence-corrected chi connectivity index (χ4v) is 3.05. The first-order valence-corrected chi connectivity index (χ1v) is 9.93. The van der Waals surface area contributed by atoms with E-state index in [1.54, 1.807) is 7.11 Å². The number of hydrogen-bond acceptors (Lipinski definition) is 6. The second kappa shape index (κ2) is 10.1. The summed E-state index contributed by atoms with van der Waals surface area (Å²) in [6, 6.07) is 5.71. The van der Waals surface area contributed by atoms with Gasteiger partial charge in [0.1, 0.15) is 12.4 Å². The normalized spacial score (nSPS) is 16.7. The molecule has 1 saturated heterocycles. The average Bonchev–Trinajstić information content (AvgIpc) is 3.36. The van der Waals surface area contributed by atoms with Gasteiger partial charge in [-0.25, -0.2) is 4.99 Å². The lowest BCUT2D eigenvalue weighted by atomic mass is 10.2. The Balaban J connectivity index is 1.74. The van der Waals surface area contributed by atoms with E-state index >= 15 is 0 Å². The lowest BCUT2D eigenvalue weighted by Crippen LogP contribution is -2.36. The van der Waals surface area contributed by atoms with Crippen LogP contribution < -0.4 is 20.1 Å². The van der Waals surface area contributed by atoms with Crippen molar-refractivity contribution in [3.63, 3.8) is 0 Å². The lowest BCUT2D eigenvalue weighted by Gasteiger charge is -2.17. The van der Waals surface area contributed by atoms with Gasteiger partial charge in [-0.3, -0.25) is 0 Å². The minimum atomic E-state index is 0.203. The number of nitrogens with one attached hydrogen (secondary N) is 2. The van der Waals surface area contributed by atoms with Crippen LogP contribution in [0.3, 0.4) is 0 Å². The maximum atomic E-state index is 5.71. The van der Waals surface area contributed by atoms with Crippen molar-refractivity contribution in [3.05, 3.63) is 29.8 Å². The Bertz CT molecular complexity index is 830. The fourth-order valence-electron chi connectivity index (χ4n) is 3.05. The zero-order chi connectivity index (χ0) is 20.6. The molecule has 0 spiro atoms. The third-order valence-electron chi connectivity index (χ3n) is 4.81. The monoisotopic (exact) mass is 402 g/mol. The van der Waals surface area contributed by atoms with Crippen molar-refractivity contribution in [1.29, 1.82) is 0 Å². The van der Waals surface area contributed by atoms with E-state index in [0.717, 1.165) is 36.8 Å². The Morgan fingerprint density at radius 1 is 1.34 bits per heavy atom. The van der Waals surface area contributed by atoms with Gasteiger partial charge in [0.15, 0.2) is 23.3 Å². The first-order chi connectivity index (χ1) is 14.1. The minimum absolute atomic E-state index is 0.203. The van der Waals surface area contributed by atoms with Gasteiger partial charge < -0.3 is 29.4 Å². The number of aromatic nitrogens is 3. The van der Waals surface area contributed by atoms with Crippen molar-refractivity contribution in [2.24, 2.45) is 12.0 Å². The molecule has 0 radical (unpaired) electrons. The summed E-state index contributed by atoms with van der Waals surface area (Å²) in [5.74, 6) is 3.67. The van der Waals surface area contributed by atoms with E-state index in [4.69, 9.17) is 14.2 Å². The van der Waals surface area contributed by atoms with E-state index in [-0.39, 0.29) is 6.10 Å². The Hall–Kier alpha value is -2.81. The van der Waals surface area contributed by atoms with Crippen LogP contribution in [-0.2, 0) is 18.3 Å². The molecular formula is C20H30N6O3. The highest BCUT2D eigenvalue weighted by atomic mass is 16.5. The molecule has 9 heteroatoms. The summed E-state index contributed by atoms with van der Waals surface area (Å²) in [6.07, 6.45) is 2.36. The predicted molar refractivity (Wildman–Crippen MR) is 112 cm³/mol. The van der Waals surface area contributed by atoms with Crippen LogP contribution in [-0.4, -0.2) is 53.7 Å². The molecule has 1 atom stereocenters. The number of methoxy groups -OCH3 is 1. The lowest BCUT2D eigenvalue weighted by molar-refractivity contribution is 0.114. The molecule has 9 nitrogen and oxygen atoms in total. The van der Waals surface area contributed by atoms with Gasteiger partial charge in [0, 0.05) is 32.0 Å². The molecule has 158 valence electrons. The summed E-state index contributed by atoms with van der Waals surface area (Å²) in [5.41, 5.74) is 0.845. The molecule has 0 aliphatic carbocycles. The maximum absolute atomic E-state index is 5.71. The van der Waals surface area contributed by atoms with Crippen molar-refractivity contribution in [3.8, 4) is 11.5 Å². The summed E-state index contributed by atoms with van der Waals surface area (Å²) >= 11 is 0. The number of rotatable bonds is 8. The van der Waals surface area contributed by atoms with E-state index in [1.807, 2.05) is 43.7 Å². The molecule has 1 fully saturated rings. The van der Waals surface area contributed by atoms with Crippen molar-refractivity contribution < 1.29 is 14.2 Å². The van der Waals surface area contributed by atoms with Crippen LogP contribution >= 0.6 is 0 Å². The van der Waals surface area contributed by atoms with E-state index in [9.17, 15) is 0 Å². The molecule has 2 aromatic rings. The molecule has 29 heavy (non-hydrogen) atoms. The van der Waals surface area contributed by atoms with Crippen LogP contribution in [0.5, 0.6) is 11.5 Å². The molecular weight excluding hydrogens is 372 g/mol. The number of nitrogens with zero attached hydrogens (tertiary/aromatic N) is 4. The first-order valence-electron chi connectivity index (χ1n) is 9.93. The van der Waals surface area contributed by atoms with Crippen LogP contribution in [0.1, 0.15) is 31.4 Å². The van der Waals surface area contributed by atoms with Gasteiger partial charge in [-0.1, -0.05) is 0 Å². The van der Waals surface area contributed by atoms with Gasteiger partial charge in [-0.15, -0.1) is 10.2 Å². The van der Waals surface area contributed by atoms with Gasteiger partial charge in [-0.05, 0) is 38.8 Å². The highest BCUT2D eigenvalue weighted by Gasteiger charge is 2.16. The van der Waals surface area contributed by atoms with Crippen LogP contribution in [0.4, 0.5) is 5.69 Å². The molecule has 1 aromatic carbocycles. The number of guanidine groups is 1. The number of anilines is 1. The molecule has 1 unspecified atom stereocenters. The van der Waals surface area contributed by atoms with Gasteiger partial charge in [-0.2, -0.15) is 0 Å². The fraction of sp³-hybridized carbons (Fsp3) is 0.550. The topological polar surface area (TPSA) is 94.8 Å². The van der Waals surface area contributed by atoms with Crippen LogP contribution in [0.25, 0.3) is 0 Å².